The Balaban J connectivity index is 2.78. The Hall–Kier alpha value is -1.30. The molecule has 1 N–H and O–H groups in total. The lowest BCUT2D eigenvalue weighted by molar-refractivity contribution is -0.139. The van der Waals surface area contributed by atoms with Gasteiger partial charge in [0.05, 0.1) is 5.56 Å². The lowest BCUT2D eigenvalue weighted by atomic mass is 10.1. The van der Waals surface area contributed by atoms with Crippen molar-refractivity contribution in [1.29, 1.82) is 0 Å². The molecule has 0 radical (unpaired) electrons. The van der Waals surface area contributed by atoms with Gasteiger partial charge in [-0.1, -0.05) is 0 Å². The molecule has 0 aromatic heterocycles. The minimum absolute atomic E-state index is 0.441. The van der Waals surface area contributed by atoms with Crippen LogP contribution in [-0.4, -0.2) is 27.2 Å². The summed E-state index contributed by atoms with van der Waals surface area (Å²) in [5.74, 6) is -1.24. The quantitative estimate of drug-likeness (QED) is 0.650. The van der Waals surface area contributed by atoms with Crippen LogP contribution in [0.5, 0.6) is 0 Å². The highest BCUT2D eigenvalue weighted by Gasteiger charge is 2.34. The van der Waals surface area contributed by atoms with Crippen molar-refractivity contribution in [1.82, 2.24) is 5.32 Å². The molecule has 0 aliphatic carbocycles. The number of alkyl halides is 3. The summed E-state index contributed by atoms with van der Waals surface area (Å²) in [5, 5.41) is 2.97. The van der Waals surface area contributed by atoms with Crippen molar-refractivity contribution in [3.05, 3.63) is 29.6 Å². The van der Waals surface area contributed by atoms with Gasteiger partial charge in [0.1, 0.15) is 5.82 Å². The van der Waals surface area contributed by atoms with Crippen molar-refractivity contribution in [2.24, 2.45) is 0 Å². The highest BCUT2D eigenvalue weighted by molar-refractivity contribution is 5.48. The maximum absolute atomic E-state index is 13.3. The van der Waals surface area contributed by atoms with Crippen molar-refractivity contribution < 1.29 is 17.6 Å². The average Bonchev–Trinajstić information content (AvgIpc) is 2.27. The molecule has 0 aliphatic heterocycles. The van der Waals surface area contributed by atoms with E-state index in [-0.39, 0.29) is 0 Å². The molecule has 0 bridgehead atoms. The number of anilines is 1. The largest absolute Gasteiger partial charge is 0.419 e. The van der Waals surface area contributed by atoms with Crippen LogP contribution in [0.15, 0.2) is 18.2 Å². The Kier molecular flexibility index (Phi) is 4.95. The van der Waals surface area contributed by atoms with Gasteiger partial charge in [0.15, 0.2) is 0 Å². The van der Waals surface area contributed by atoms with Gasteiger partial charge >= 0.3 is 6.18 Å². The maximum Gasteiger partial charge on any atom is 0.419 e. The third kappa shape index (κ3) is 3.87. The second-order valence-electron chi connectivity index (χ2n) is 4.04. The van der Waals surface area contributed by atoms with E-state index < -0.39 is 17.6 Å². The molecule has 0 amide bonds. The number of halogens is 4. The lowest BCUT2D eigenvalue weighted by Crippen LogP contribution is -2.22. The Morgan fingerprint density at radius 1 is 1.28 bits per heavy atom. The first-order valence-corrected chi connectivity index (χ1v) is 5.58. The van der Waals surface area contributed by atoms with Crippen LogP contribution in [0.3, 0.4) is 0 Å². The van der Waals surface area contributed by atoms with Gasteiger partial charge in [-0.15, -0.1) is 0 Å². The molecule has 0 saturated heterocycles. The first-order valence-electron chi connectivity index (χ1n) is 5.58. The van der Waals surface area contributed by atoms with Gasteiger partial charge in [0, 0.05) is 19.3 Å². The zero-order valence-corrected chi connectivity index (χ0v) is 10.3. The van der Waals surface area contributed by atoms with E-state index >= 15 is 0 Å². The SMILES string of the molecule is CNCCCN(C)c1ccc(C(F)(F)F)c(F)c1. The van der Waals surface area contributed by atoms with E-state index in [9.17, 15) is 17.6 Å². The highest BCUT2D eigenvalue weighted by Crippen LogP contribution is 2.32. The smallest absolute Gasteiger partial charge is 0.374 e. The summed E-state index contributed by atoms with van der Waals surface area (Å²) in [5.41, 5.74) is -0.786. The minimum atomic E-state index is -4.65. The summed E-state index contributed by atoms with van der Waals surface area (Å²) in [6.45, 7) is 1.44. The summed E-state index contributed by atoms with van der Waals surface area (Å²) in [6, 6.07) is 2.98. The molecule has 0 aliphatic rings. The fraction of sp³-hybridized carbons (Fsp3) is 0.500. The average molecular weight is 264 g/mol. The van der Waals surface area contributed by atoms with E-state index in [1.807, 2.05) is 7.05 Å². The van der Waals surface area contributed by atoms with Gasteiger partial charge in [-0.05, 0) is 38.2 Å². The maximum atomic E-state index is 13.3. The third-order valence-corrected chi connectivity index (χ3v) is 2.62. The summed E-state index contributed by atoms with van der Waals surface area (Å²) in [6.07, 6.45) is -3.82. The normalized spacial score (nSPS) is 11.7. The zero-order valence-electron chi connectivity index (χ0n) is 10.3. The molecule has 0 atom stereocenters. The first kappa shape index (κ1) is 14.8. The Morgan fingerprint density at radius 3 is 2.44 bits per heavy atom. The third-order valence-electron chi connectivity index (χ3n) is 2.62. The number of hydrogen-bond donors (Lipinski definition) is 1. The van der Waals surface area contributed by atoms with Gasteiger partial charge in [0.25, 0.3) is 0 Å². The molecule has 1 aromatic rings. The van der Waals surface area contributed by atoms with E-state index in [2.05, 4.69) is 5.32 Å². The molecule has 6 heteroatoms. The van der Waals surface area contributed by atoms with Crippen LogP contribution in [0.25, 0.3) is 0 Å². The van der Waals surface area contributed by atoms with Gasteiger partial charge in [-0.3, -0.25) is 0 Å². The Morgan fingerprint density at radius 2 is 1.94 bits per heavy atom. The second-order valence-corrected chi connectivity index (χ2v) is 4.04. The van der Waals surface area contributed by atoms with Crippen molar-refractivity contribution in [3.63, 3.8) is 0 Å². The molecule has 0 heterocycles. The van der Waals surface area contributed by atoms with E-state index in [0.29, 0.717) is 12.2 Å². The molecular formula is C12H16F4N2. The molecule has 102 valence electrons. The van der Waals surface area contributed by atoms with E-state index in [0.717, 1.165) is 25.1 Å². The van der Waals surface area contributed by atoms with Crippen LogP contribution in [0.4, 0.5) is 23.2 Å². The number of nitrogens with one attached hydrogen (secondary N) is 1. The molecule has 2 nitrogen and oxygen atoms in total. The van der Waals surface area contributed by atoms with Crippen LogP contribution in [0, 0.1) is 5.82 Å². The summed E-state index contributed by atoms with van der Waals surface area (Å²) in [4.78, 5) is 1.72. The van der Waals surface area contributed by atoms with Gasteiger partial charge in [-0.25, -0.2) is 4.39 Å². The Bertz CT molecular complexity index is 390. The molecule has 0 spiro atoms. The molecule has 1 aromatic carbocycles. The fourth-order valence-electron chi connectivity index (χ4n) is 1.59. The van der Waals surface area contributed by atoms with Crippen LogP contribution in [0.1, 0.15) is 12.0 Å². The van der Waals surface area contributed by atoms with E-state index in [4.69, 9.17) is 0 Å². The first-order chi connectivity index (χ1) is 8.36. The van der Waals surface area contributed by atoms with Crippen molar-refractivity contribution >= 4 is 5.69 Å². The summed E-state index contributed by atoms with van der Waals surface area (Å²) < 4.78 is 50.4. The predicted octanol–water partition coefficient (Wildman–Crippen LogP) is 2.89. The molecule has 1 rings (SSSR count). The number of rotatable bonds is 5. The van der Waals surface area contributed by atoms with Gasteiger partial charge in [0.2, 0.25) is 0 Å². The topological polar surface area (TPSA) is 15.3 Å². The highest BCUT2D eigenvalue weighted by atomic mass is 19.4. The van der Waals surface area contributed by atoms with E-state index in [1.165, 1.54) is 6.07 Å². The van der Waals surface area contributed by atoms with Crippen LogP contribution < -0.4 is 10.2 Å². The lowest BCUT2D eigenvalue weighted by Gasteiger charge is -2.20. The predicted molar refractivity (Wildman–Crippen MR) is 63.2 cm³/mol. The van der Waals surface area contributed by atoms with Crippen molar-refractivity contribution in [2.75, 3.05) is 32.1 Å². The summed E-state index contributed by atoms with van der Waals surface area (Å²) >= 11 is 0. The molecule has 0 unspecified atom stereocenters. The molecule has 0 saturated carbocycles. The molecular weight excluding hydrogens is 248 g/mol. The van der Waals surface area contributed by atoms with Crippen LogP contribution >= 0.6 is 0 Å². The number of nitrogens with zero attached hydrogens (tertiary/aromatic N) is 1. The van der Waals surface area contributed by atoms with Crippen LogP contribution in [-0.2, 0) is 6.18 Å². The number of hydrogen-bond acceptors (Lipinski definition) is 2. The van der Waals surface area contributed by atoms with Crippen molar-refractivity contribution in [2.45, 2.75) is 12.6 Å². The standard InChI is InChI=1S/C12H16F4N2/c1-17-6-3-7-18(2)9-4-5-10(11(13)8-9)12(14,15)16/h4-5,8,17H,3,6-7H2,1-2H3. The zero-order chi connectivity index (χ0) is 13.8. The van der Waals surface area contributed by atoms with Gasteiger partial charge < -0.3 is 10.2 Å². The van der Waals surface area contributed by atoms with Crippen LogP contribution in [0.2, 0.25) is 0 Å². The molecule has 0 fully saturated rings. The van der Waals surface area contributed by atoms with Gasteiger partial charge in [-0.2, -0.15) is 13.2 Å². The Labute approximate surface area is 104 Å². The fourth-order valence-corrected chi connectivity index (χ4v) is 1.59. The van der Waals surface area contributed by atoms with E-state index in [1.54, 1.807) is 11.9 Å². The van der Waals surface area contributed by atoms with Crippen molar-refractivity contribution in [3.8, 4) is 0 Å². The molecule has 18 heavy (non-hydrogen) atoms. The minimum Gasteiger partial charge on any atom is -0.374 e. The number of benzene rings is 1. The second kappa shape index (κ2) is 6.04. The summed E-state index contributed by atoms with van der Waals surface area (Å²) in [7, 11) is 3.54. The monoisotopic (exact) mass is 264 g/mol.